The lowest BCUT2D eigenvalue weighted by Gasteiger charge is -2.13. The smallest absolute Gasteiger partial charge is 0.292 e. The Balaban J connectivity index is 0.000000730. The summed E-state index contributed by atoms with van der Waals surface area (Å²) in [7, 11) is 0.500. The third-order valence-electron chi connectivity index (χ3n) is 3.50. The molecular weight excluding hydrogens is 337 g/mol. The molecule has 6 heteroatoms. The van der Waals surface area contributed by atoms with Crippen molar-refractivity contribution in [1.82, 2.24) is 0 Å². The molecule has 0 saturated heterocycles. The number of halogens is 1. The standard InChI is InChI=1S/C16H15N3OS.C2H6.CH3F/c1-12-8-19(16-10-21-9-15(12)16)7-6-18-13-2-4-14(5-3-13)20-11-17;2*1-2/h2-7,9-10,12,18H,8H2,1H3;1-2H3;1H3/b7-6-;;. The molecule has 0 amide bonds. The van der Waals surface area contributed by atoms with Gasteiger partial charge in [-0.1, -0.05) is 20.8 Å². The molecule has 1 atom stereocenters. The molecule has 1 aliphatic rings. The van der Waals surface area contributed by atoms with E-state index in [1.54, 1.807) is 29.7 Å². The lowest BCUT2D eigenvalue weighted by atomic mass is 10.1. The summed E-state index contributed by atoms with van der Waals surface area (Å²) in [6, 6.07) is 7.27. The summed E-state index contributed by atoms with van der Waals surface area (Å²) >= 11 is 1.75. The third kappa shape index (κ3) is 5.50. The Hall–Kier alpha value is -2.52. The van der Waals surface area contributed by atoms with Gasteiger partial charge in [-0.3, -0.25) is 4.39 Å². The molecule has 0 aliphatic carbocycles. The Labute approximate surface area is 153 Å². The van der Waals surface area contributed by atoms with E-state index in [1.165, 1.54) is 11.3 Å². The van der Waals surface area contributed by atoms with Crippen LogP contribution in [0.3, 0.4) is 0 Å². The molecular formula is C19H24FN3OS. The van der Waals surface area contributed by atoms with Crippen molar-refractivity contribution in [2.75, 3.05) is 23.9 Å². The van der Waals surface area contributed by atoms with Crippen LogP contribution >= 0.6 is 11.3 Å². The van der Waals surface area contributed by atoms with E-state index in [2.05, 4.69) is 34.1 Å². The van der Waals surface area contributed by atoms with Crippen molar-refractivity contribution < 1.29 is 9.13 Å². The molecule has 3 rings (SSSR count). The van der Waals surface area contributed by atoms with E-state index in [0.29, 0.717) is 18.8 Å². The van der Waals surface area contributed by atoms with E-state index in [1.807, 2.05) is 32.2 Å². The average Bonchev–Trinajstić information content (AvgIpc) is 3.25. The highest BCUT2D eigenvalue weighted by Gasteiger charge is 2.24. The highest BCUT2D eigenvalue weighted by Crippen LogP contribution is 2.38. The number of ether oxygens (including phenoxy) is 1. The Morgan fingerprint density at radius 2 is 1.96 bits per heavy atom. The van der Waals surface area contributed by atoms with E-state index >= 15 is 0 Å². The summed E-state index contributed by atoms with van der Waals surface area (Å²) in [5.74, 6) is 1.13. The first-order chi connectivity index (χ1) is 12.3. The largest absolute Gasteiger partial charge is 0.388 e. The van der Waals surface area contributed by atoms with Gasteiger partial charge in [-0.25, -0.2) is 0 Å². The van der Waals surface area contributed by atoms with Gasteiger partial charge in [0.25, 0.3) is 6.26 Å². The van der Waals surface area contributed by atoms with Gasteiger partial charge in [0, 0.05) is 35.9 Å². The highest BCUT2D eigenvalue weighted by atomic mass is 32.1. The maximum atomic E-state index is 9.50. The van der Waals surface area contributed by atoms with Gasteiger partial charge in [0.2, 0.25) is 0 Å². The van der Waals surface area contributed by atoms with Gasteiger partial charge >= 0.3 is 0 Å². The molecule has 0 radical (unpaired) electrons. The van der Waals surface area contributed by atoms with Crippen molar-refractivity contribution in [2.45, 2.75) is 26.7 Å². The van der Waals surface area contributed by atoms with Crippen LogP contribution in [0.2, 0.25) is 0 Å². The van der Waals surface area contributed by atoms with Crippen molar-refractivity contribution in [3.8, 4) is 12.0 Å². The average molecular weight is 361 g/mol. The Kier molecular flexibility index (Phi) is 9.12. The molecule has 0 bridgehead atoms. The van der Waals surface area contributed by atoms with Crippen LogP contribution in [-0.4, -0.2) is 13.7 Å². The first kappa shape index (κ1) is 20.5. The molecule has 25 heavy (non-hydrogen) atoms. The van der Waals surface area contributed by atoms with Crippen LogP contribution in [0.4, 0.5) is 15.8 Å². The fourth-order valence-corrected chi connectivity index (χ4v) is 3.40. The van der Waals surface area contributed by atoms with E-state index in [4.69, 9.17) is 10.00 Å². The maximum absolute atomic E-state index is 9.50. The first-order valence-electron chi connectivity index (χ1n) is 8.07. The zero-order chi connectivity index (χ0) is 18.7. The molecule has 0 fully saturated rings. The van der Waals surface area contributed by atoms with Crippen molar-refractivity contribution >= 4 is 22.7 Å². The molecule has 1 unspecified atom stereocenters. The number of thiophene rings is 1. The van der Waals surface area contributed by atoms with E-state index in [-0.39, 0.29) is 0 Å². The lowest BCUT2D eigenvalue weighted by Crippen LogP contribution is -2.13. The molecule has 1 aromatic carbocycles. The summed E-state index contributed by atoms with van der Waals surface area (Å²) in [5, 5.41) is 16.1. The molecule has 2 aromatic rings. The monoisotopic (exact) mass is 361 g/mol. The number of nitrogens with one attached hydrogen (secondary N) is 1. The van der Waals surface area contributed by atoms with Gasteiger partial charge < -0.3 is 15.0 Å². The zero-order valence-electron chi connectivity index (χ0n) is 15.0. The number of alkyl halides is 1. The Morgan fingerprint density at radius 3 is 2.60 bits per heavy atom. The van der Waals surface area contributed by atoms with Crippen LogP contribution in [0.15, 0.2) is 47.4 Å². The normalized spacial score (nSPS) is 14.6. The third-order valence-corrected chi connectivity index (χ3v) is 4.25. The Bertz CT molecular complexity index is 691. The summed E-state index contributed by atoms with van der Waals surface area (Å²) in [6.45, 7) is 7.27. The van der Waals surface area contributed by atoms with Crippen LogP contribution in [-0.2, 0) is 0 Å². The fourth-order valence-electron chi connectivity index (χ4n) is 2.43. The van der Waals surface area contributed by atoms with Crippen molar-refractivity contribution in [3.05, 3.63) is 53.0 Å². The Morgan fingerprint density at radius 1 is 1.28 bits per heavy atom. The number of fused-ring (bicyclic) bond motifs is 1. The molecule has 4 nitrogen and oxygen atoms in total. The van der Waals surface area contributed by atoms with Gasteiger partial charge in [-0.15, -0.1) is 16.6 Å². The van der Waals surface area contributed by atoms with Gasteiger partial charge in [0.15, 0.2) is 0 Å². The van der Waals surface area contributed by atoms with E-state index in [0.717, 1.165) is 12.2 Å². The van der Waals surface area contributed by atoms with Gasteiger partial charge in [-0.2, -0.15) is 0 Å². The summed E-state index contributed by atoms with van der Waals surface area (Å²) in [4.78, 5) is 2.26. The molecule has 0 saturated carbocycles. The fraction of sp³-hybridized carbons (Fsp3) is 0.316. The molecule has 1 aliphatic heterocycles. The maximum Gasteiger partial charge on any atom is 0.292 e. The molecule has 2 heterocycles. The molecule has 134 valence electrons. The number of rotatable bonds is 4. The number of benzene rings is 1. The predicted octanol–water partition coefficient (Wildman–Crippen LogP) is 5.73. The number of hydrogen-bond donors (Lipinski definition) is 1. The zero-order valence-corrected chi connectivity index (χ0v) is 15.8. The van der Waals surface area contributed by atoms with Crippen LogP contribution < -0.4 is 15.0 Å². The second-order valence-corrected chi connectivity index (χ2v) is 5.69. The second-order valence-electron chi connectivity index (χ2n) is 4.94. The number of anilines is 2. The van der Waals surface area contributed by atoms with E-state index < -0.39 is 0 Å². The van der Waals surface area contributed by atoms with Crippen molar-refractivity contribution in [2.24, 2.45) is 0 Å². The lowest BCUT2D eigenvalue weighted by molar-refractivity contribution is 0.507. The number of nitrogens with zero attached hydrogens (tertiary/aromatic N) is 2. The minimum atomic E-state index is 0.500. The summed E-state index contributed by atoms with van der Waals surface area (Å²) in [6.07, 6.45) is 5.65. The van der Waals surface area contributed by atoms with Crippen molar-refractivity contribution in [3.63, 3.8) is 0 Å². The van der Waals surface area contributed by atoms with Gasteiger partial charge in [0.1, 0.15) is 5.75 Å². The van der Waals surface area contributed by atoms with Crippen LogP contribution in [0, 0.1) is 11.5 Å². The van der Waals surface area contributed by atoms with Gasteiger partial charge in [0.05, 0.1) is 12.9 Å². The summed E-state index contributed by atoms with van der Waals surface area (Å²) in [5.41, 5.74) is 3.69. The minimum absolute atomic E-state index is 0.500. The highest BCUT2D eigenvalue weighted by molar-refractivity contribution is 7.08. The molecule has 1 aromatic heterocycles. The van der Waals surface area contributed by atoms with Crippen LogP contribution in [0.5, 0.6) is 5.75 Å². The predicted molar refractivity (Wildman–Crippen MR) is 104 cm³/mol. The topological polar surface area (TPSA) is 48.3 Å². The van der Waals surface area contributed by atoms with Crippen LogP contribution in [0.1, 0.15) is 32.3 Å². The van der Waals surface area contributed by atoms with Gasteiger partial charge in [-0.05, 0) is 35.2 Å². The SMILES string of the molecule is CC.CC1CN(/C=C\Nc2ccc(OC#N)cc2)c2cscc21.CF. The summed E-state index contributed by atoms with van der Waals surface area (Å²) < 4.78 is 14.2. The number of hydrogen-bond acceptors (Lipinski definition) is 5. The van der Waals surface area contributed by atoms with Crippen molar-refractivity contribution in [1.29, 1.82) is 5.26 Å². The quantitative estimate of drug-likeness (QED) is 0.707. The first-order valence-corrected chi connectivity index (χ1v) is 9.02. The molecule has 0 spiro atoms. The second kappa shape index (κ2) is 11.1. The number of nitriles is 1. The minimum Gasteiger partial charge on any atom is -0.388 e. The van der Waals surface area contributed by atoms with E-state index in [9.17, 15) is 4.39 Å². The van der Waals surface area contributed by atoms with Crippen LogP contribution in [0.25, 0.3) is 0 Å². The molecule has 1 N–H and O–H groups in total.